The highest BCUT2D eigenvalue weighted by atomic mass is 16.4. The molecule has 2 unspecified atom stereocenters. The van der Waals surface area contributed by atoms with Gasteiger partial charge in [0.05, 0.1) is 0 Å². The lowest BCUT2D eigenvalue weighted by atomic mass is 9.77. The van der Waals surface area contributed by atoms with E-state index < -0.39 is 17.8 Å². The summed E-state index contributed by atoms with van der Waals surface area (Å²) in [6.07, 6.45) is 1.13. The summed E-state index contributed by atoms with van der Waals surface area (Å²) in [4.78, 5) is 22.5. The van der Waals surface area contributed by atoms with E-state index >= 15 is 0 Å². The molecule has 0 fully saturated rings. The molecule has 1 aliphatic carbocycles. The molecule has 1 aromatic carbocycles. The molecular weight excluding hydrogens is 220 g/mol. The first-order valence-corrected chi connectivity index (χ1v) is 5.30. The summed E-state index contributed by atoms with van der Waals surface area (Å²) in [6, 6.07) is 8.93. The number of carboxylic acid groups (broad SMARTS) is 1. The lowest BCUT2D eigenvalue weighted by molar-refractivity contribution is -0.142. The SMILES string of the molecule is O=C1C=C(O)C(C(=O)O)C(c2ccccc2)C1. The third kappa shape index (κ3) is 2.20. The van der Waals surface area contributed by atoms with Crippen LogP contribution in [-0.4, -0.2) is 22.0 Å². The van der Waals surface area contributed by atoms with E-state index in [1.54, 1.807) is 24.3 Å². The van der Waals surface area contributed by atoms with Gasteiger partial charge in [-0.1, -0.05) is 30.3 Å². The Kier molecular flexibility index (Phi) is 2.95. The Hall–Kier alpha value is -2.10. The molecule has 0 radical (unpaired) electrons. The Morgan fingerprint density at radius 3 is 2.47 bits per heavy atom. The molecule has 17 heavy (non-hydrogen) atoms. The third-order valence-corrected chi connectivity index (χ3v) is 2.94. The van der Waals surface area contributed by atoms with E-state index in [-0.39, 0.29) is 18.0 Å². The second kappa shape index (κ2) is 4.41. The summed E-state index contributed by atoms with van der Waals surface area (Å²) in [5.74, 6) is -3.24. The molecule has 0 heterocycles. The number of ketones is 1. The zero-order chi connectivity index (χ0) is 12.4. The first-order chi connectivity index (χ1) is 8.09. The minimum Gasteiger partial charge on any atom is -0.511 e. The zero-order valence-corrected chi connectivity index (χ0v) is 9.04. The van der Waals surface area contributed by atoms with Crippen LogP contribution in [-0.2, 0) is 9.59 Å². The summed E-state index contributed by atoms with van der Waals surface area (Å²) in [7, 11) is 0. The topological polar surface area (TPSA) is 74.6 Å². The molecule has 0 bridgehead atoms. The van der Waals surface area contributed by atoms with Crippen LogP contribution >= 0.6 is 0 Å². The van der Waals surface area contributed by atoms with E-state index in [4.69, 9.17) is 5.11 Å². The van der Waals surface area contributed by atoms with Gasteiger partial charge in [-0.25, -0.2) is 0 Å². The Morgan fingerprint density at radius 1 is 1.24 bits per heavy atom. The van der Waals surface area contributed by atoms with Crippen molar-refractivity contribution >= 4 is 11.8 Å². The highest BCUT2D eigenvalue weighted by Crippen LogP contribution is 2.36. The molecule has 1 aromatic rings. The van der Waals surface area contributed by atoms with Crippen molar-refractivity contribution in [2.45, 2.75) is 12.3 Å². The van der Waals surface area contributed by atoms with E-state index in [0.717, 1.165) is 11.6 Å². The fourth-order valence-corrected chi connectivity index (χ4v) is 2.16. The monoisotopic (exact) mass is 232 g/mol. The summed E-state index contributed by atoms with van der Waals surface area (Å²) in [5.41, 5.74) is 0.757. The Bertz CT molecular complexity index is 475. The van der Waals surface area contributed by atoms with Crippen molar-refractivity contribution in [3.05, 3.63) is 47.7 Å². The van der Waals surface area contributed by atoms with Crippen molar-refractivity contribution in [2.75, 3.05) is 0 Å². The quantitative estimate of drug-likeness (QED) is 0.816. The predicted molar refractivity (Wildman–Crippen MR) is 60.6 cm³/mol. The van der Waals surface area contributed by atoms with Gasteiger partial charge in [-0.2, -0.15) is 0 Å². The lowest BCUT2D eigenvalue weighted by Gasteiger charge is -2.26. The summed E-state index contributed by atoms with van der Waals surface area (Å²) < 4.78 is 0. The molecule has 4 nitrogen and oxygen atoms in total. The molecular formula is C13H12O4. The molecule has 2 rings (SSSR count). The molecule has 0 aliphatic heterocycles. The van der Waals surface area contributed by atoms with Crippen LogP contribution in [0.4, 0.5) is 0 Å². The number of hydrogen-bond donors (Lipinski definition) is 2. The smallest absolute Gasteiger partial charge is 0.314 e. The highest BCUT2D eigenvalue weighted by Gasteiger charge is 2.37. The number of allylic oxidation sites excluding steroid dienone is 1. The first kappa shape index (κ1) is 11.4. The number of aliphatic hydroxyl groups excluding tert-OH is 1. The second-order valence-corrected chi connectivity index (χ2v) is 4.07. The van der Waals surface area contributed by atoms with Gasteiger partial charge in [-0.05, 0) is 5.56 Å². The minimum absolute atomic E-state index is 0.116. The lowest BCUT2D eigenvalue weighted by Crippen LogP contribution is -2.29. The average molecular weight is 232 g/mol. The molecule has 88 valence electrons. The van der Waals surface area contributed by atoms with Crippen LogP contribution in [0.3, 0.4) is 0 Å². The van der Waals surface area contributed by atoms with Crippen LogP contribution in [0.15, 0.2) is 42.2 Å². The number of rotatable bonds is 2. The molecule has 0 aromatic heterocycles. The van der Waals surface area contributed by atoms with Gasteiger partial charge in [0, 0.05) is 18.4 Å². The molecule has 0 saturated carbocycles. The maximum absolute atomic E-state index is 11.4. The number of aliphatic carboxylic acids is 1. The molecule has 0 amide bonds. The highest BCUT2D eigenvalue weighted by molar-refractivity contribution is 5.94. The van der Waals surface area contributed by atoms with Crippen molar-refractivity contribution < 1.29 is 19.8 Å². The van der Waals surface area contributed by atoms with Gasteiger partial charge in [0.15, 0.2) is 5.78 Å². The predicted octanol–water partition coefficient (Wildman–Crippen LogP) is 1.89. The molecule has 0 spiro atoms. The van der Waals surface area contributed by atoms with E-state index in [1.807, 2.05) is 6.07 Å². The van der Waals surface area contributed by atoms with Crippen LogP contribution < -0.4 is 0 Å². The van der Waals surface area contributed by atoms with E-state index in [9.17, 15) is 14.7 Å². The summed E-state index contributed by atoms with van der Waals surface area (Å²) >= 11 is 0. The van der Waals surface area contributed by atoms with Crippen LogP contribution in [0.2, 0.25) is 0 Å². The van der Waals surface area contributed by atoms with Crippen LogP contribution in [0.1, 0.15) is 17.9 Å². The van der Waals surface area contributed by atoms with Crippen LogP contribution in [0.5, 0.6) is 0 Å². The minimum atomic E-state index is -1.11. The molecule has 0 saturated heterocycles. The Morgan fingerprint density at radius 2 is 1.88 bits per heavy atom. The summed E-state index contributed by atoms with van der Waals surface area (Å²) in [6.45, 7) is 0. The first-order valence-electron chi connectivity index (χ1n) is 5.30. The van der Waals surface area contributed by atoms with Crippen molar-refractivity contribution in [1.82, 2.24) is 0 Å². The maximum Gasteiger partial charge on any atom is 0.314 e. The van der Waals surface area contributed by atoms with Gasteiger partial charge in [-0.3, -0.25) is 9.59 Å². The molecule has 1 aliphatic rings. The van der Waals surface area contributed by atoms with Crippen molar-refractivity contribution in [3.8, 4) is 0 Å². The third-order valence-electron chi connectivity index (χ3n) is 2.94. The van der Waals surface area contributed by atoms with Gasteiger partial charge in [-0.15, -0.1) is 0 Å². The number of carbonyl (C=O) groups is 2. The van der Waals surface area contributed by atoms with Gasteiger partial charge in [0.25, 0.3) is 0 Å². The van der Waals surface area contributed by atoms with Crippen LogP contribution in [0.25, 0.3) is 0 Å². The standard InChI is InChI=1S/C13H12O4/c14-9-6-10(8-4-2-1-3-5-8)12(13(16)17)11(15)7-9/h1-5,7,10,12,15H,6H2,(H,16,17). The Labute approximate surface area is 98.2 Å². The number of hydrogen-bond acceptors (Lipinski definition) is 3. The number of aliphatic hydroxyl groups is 1. The summed E-state index contributed by atoms with van der Waals surface area (Å²) in [5, 5.41) is 18.7. The fourth-order valence-electron chi connectivity index (χ4n) is 2.16. The second-order valence-electron chi connectivity index (χ2n) is 4.07. The molecule has 4 heteroatoms. The average Bonchev–Trinajstić information content (AvgIpc) is 2.28. The van der Waals surface area contributed by atoms with Gasteiger partial charge in [0.1, 0.15) is 11.7 Å². The van der Waals surface area contributed by atoms with Crippen LogP contribution in [0, 0.1) is 5.92 Å². The number of carbonyl (C=O) groups excluding carboxylic acids is 1. The molecule has 2 atom stereocenters. The normalized spacial score (nSPS) is 24.2. The van der Waals surface area contributed by atoms with Gasteiger partial charge < -0.3 is 10.2 Å². The number of benzene rings is 1. The maximum atomic E-state index is 11.4. The van der Waals surface area contributed by atoms with Gasteiger partial charge in [0.2, 0.25) is 0 Å². The molecule has 2 N–H and O–H groups in total. The van der Waals surface area contributed by atoms with E-state index in [2.05, 4.69) is 0 Å². The Balaban J connectivity index is 2.42. The fraction of sp³-hybridized carbons (Fsp3) is 0.231. The van der Waals surface area contributed by atoms with Crippen molar-refractivity contribution in [1.29, 1.82) is 0 Å². The van der Waals surface area contributed by atoms with E-state index in [1.165, 1.54) is 0 Å². The van der Waals surface area contributed by atoms with Crippen molar-refractivity contribution in [2.24, 2.45) is 5.92 Å². The van der Waals surface area contributed by atoms with Gasteiger partial charge >= 0.3 is 5.97 Å². The van der Waals surface area contributed by atoms with E-state index in [0.29, 0.717) is 0 Å². The largest absolute Gasteiger partial charge is 0.511 e. The van der Waals surface area contributed by atoms with Crippen molar-refractivity contribution in [3.63, 3.8) is 0 Å². The zero-order valence-electron chi connectivity index (χ0n) is 9.04. The number of carboxylic acids is 1.